The molecule has 1 amide bonds. The Morgan fingerprint density at radius 3 is 2.62 bits per heavy atom. The molecule has 0 bridgehead atoms. The Morgan fingerprint density at radius 2 is 1.88 bits per heavy atom. The normalized spacial score (nSPS) is 14.6. The standard InChI is InChI=1S/C30H29F3N6O/c1-19-3-4-21(15-20(19)6-8-25-24-9-10-35-27(24)17-36-28(25)34)29(40)37-23-7-5-22(26(16-23)30(31,32)33)18-39-13-11-38(2)12-14-39/h3-5,7,9-10,15-17,35H,11-14,18H2,1-2H3,(H2,34,36)(H,37,40). The van der Waals surface area contributed by atoms with Crippen LogP contribution in [-0.4, -0.2) is 58.9 Å². The highest BCUT2D eigenvalue weighted by Gasteiger charge is 2.34. The lowest BCUT2D eigenvalue weighted by Gasteiger charge is -2.33. The maximum atomic E-state index is 14.0. The summed E-state index contributed by atoms with van der Waals surface area (Å²) in [5.74, 6) is 5.89. The van der Waals surface area contributed by atoms with Crippen LogP contribution in [0.4, 0.5) is 24.7 Å². The maximum Gasteiger partial charge on any atom is 0.416 e. The second kappa shape index (κ2) is 11.0. The second-order valence-electron chi connectivity index (χ2n) is 10.0. The van der Waals surface area contributed by atoms with Crippen molar-refractivity contribution in [3.63, 3.8) is 0 Å². The number of carbonyl (C=O) groups is 1. The van der Waals surface area contributed by atoms with Gasteiger partial charge in [-0.05, 0) is 55.4 Å². The van der Waals surface area contributed by atoms with Gasteiger partial charge in [0.25, 0.3) is 5.91 Å². The van der Waals surface area contributed by atoms with Gasteiger partial charge in [0, 0.05) is 61.1 Å². The second-order valence-corrected chi connectivity index (χ2v) is 10.0. The van der Waals surface area contributed by atoms with Crippen LogP contribution in [-0.2, 0) is 12.7 Å². The van der Waals surface area contributed by atoms with Gasteiger partial charge in [-0.25, -0.2) is 4.98 Å². The summed E-state index contributed by atoms with van der Waals surface area (Å²) in [7, 11) is 2.00. The summed E-state index contributed by atoms with van der Waals surface area (Å²) in [6.45, 7) is 5.09. The Labute approximate surface area is 230 Å². The number of aromatic amines is 1. The molecule has 0 aliphatic carbocycles. The molecule has 4 N–H and O–H groups in total. The van der Waals surface area contributed by atoms with Crippen molar-refractivity contribution in [1.82, 2.24) is 19.8 Å². The molecule has 0 spiro atoms. The molecule has 4 aromatic rings. The number of hydrogen-bond acceptors (Lipinski definition) is 5. The van der Waals surface area contributed by atoms with Crippen LogP contribution in [0, 0.1) is 18.8 Å². The van der Waals surface area contributed by atoms with Gasteiger partial charge in [0.1, 0.15) is 5.82 Å². The average Bonchev–Trinajstić information content (AvgIpc) is 3.39. The van der Waals surface area contributed by atoms with Crippen molar-refractivity contribution in [2.24, 2.45) is 0 Å². The van der Waals surface area contributed by atoms with Crippen LogP contribution in [0.3, 0.4) is 0 Å². The van der Waals surface area contributed by atoms with Gasteiger partial charge in [-0.3, -0.25) is 9.69 Å². The van der Waals surface area contributed by atoms with E-state index in [1.165, 1.54) is 12.1 Å². The van der Waals surface area contributed by atoms with E-state index in [0.717, 1.165) is 35.6 Å². The van der Waals surface area contributed by atoms with Gasteiger partial charge in [-0.2, -0.15) is 13.2 Å². The minimum absolute atomic E-state index is 0.0747. The Morgan fingerprint density at radius 1 is 1.10 bits per heavy atom. The molecule has 3 heterocycles. The number of halogens is 3. The van der Waals surface area contributed by atoms with E-state index in [-0.39, 0.29) is 23.4 Å². The lowest BCUT2D eigenvalue weighted by atomic mass is 10.0. The molecule has 0 saturated carbocycles. The van der Waals surface area contributed by atoms with E-state index in [0.29, 0.717) is 30.0 Å². The minimum atomic E-state index is -4.55. The van der Waals surface area contributed by atoms with Crippen molar-refractivity contribution in [3.05, 3.63) is 88.2 Å². The Hall–Kier alpha value is -4.33. The molecule has 7 nitrogen and oxygen atoms in total. The van der Waals surface area contributed by atoms with Gasteiger partial charge < -0.3 is 20.9 Å². The van der Waals surface area contributed by atoms with Gasteiger partial charge >= 0.3 is 6.18 Å². The first kappa shape index (κ1) is 27.2. The molecule has 206 valence electrons. The zero-order valence-corrected chi connectivity index (χ0v) is 22.2. The lowest BCUT2D eigenvalue weighted by molar-refractivity contribution is -0.138. The molecule has 10 heteroatoms. The lowest BCUT2D eigenvalue weighted by Crippen LogP contribution is -2.44. The molecule has 5 rings (SSSR count). The fourth-order valence-electron chi connectivity index (χ4n) is 4.71. The van der Waals surface area contributed by atoms with E-state index in [2.05, 4.69) is 32.0 Å². The fourth-order valence-corrected chi connectivity index (χ4v) is 4.71. The van der Waals surface area contributed by atoms with Crippen molar-refractivity contribution in [1.29, 1.82) is 0 Å². The van der Waals surface area contributed by atoms with Gasteiger partial charge in [-0.1, -0.05) is 24.0 Å². The molecular weight excluding hydrogens is 517 g/mol. The summed E-state index contributed by atoms with van der Waals surface area (Å²) >= 11 is 0. The van der Waals surface area contributed by atoms with Gasteiger partial charge in [0.15, 0.2) is 0 Å². The quantitative estimate of drug-likeness (QED) is 0.318. The number of benzene rings is 2. The molecule has 2 aromatic heterocycles. The number of aromatic nitrogens is 2. The number of likely N-dealkylation sites (N-methyl/N-ethyl adjacent to an activating group) is 1. The summed E-state index contributed by atoms with van der Waals surface area (Å²) in [6, 6.07) is 10.8. The van der Waals surface area contributed by atoms with E-state index in [1.54, 1.807) is 30.6 Å². The van der Waals surface area contributed by atoms with Crippen LogP contribution >= 0.6 is 0 Å². The predicted octanol–water partition coefficient (Wildman–Crippen LogP) is 4.87. The SMILES string of the molecule is Cc1ccc(C(=O)Nc2ccc(CN3CCN(C)CC3)c(C(F)(F)F)c2)cc1C#Cc1c(N)ncc2[nH]ccc12. The summed E-state index contributed by atoms with van der Waals surface area (Å²) in [5, 5.41) is 3.45. The van der Waals surface area contributed by atoms with E-state index < -0.39 is 17.6 Å². The van der Waals surface area contributed by atoms with Gasteiger partial charge in [0.2, 0.25) is 0 Å². The van der Waals surface area contributed by atoms with Crippen molar-refractivity contribution < 1.29 is 18.0 Å². The zero-order valence-electron chi connectivity index (χ0n) is 22.2. The molecular formula is C30H29F3N6O. The highest BCUT2D eigenvalue weighted by atomic mass is 19.4. The first-order valence-electron chi connectivity index (χ1n) is 12.8. The summed E-state index contributed by atoms with van der Waals surface area (Å²) in [6.07, 6.45) is -1.14. The van der Waals surface area contributed by atoms with Crippen LogP contribution in [0.25, 0.3) is 10.9 Å². The third-order valence-electron chi connectivity index (χ3n) is 7.12. The Balaban J connectivity index is 1.37. The number of anilines is 2. The minimum Gasteiger partial charge on any atom is -0.383 e. The topological polar surface area (TPSA) is 90.3 Å². The summed E-state index contributed by atoms with van der Waals surface area (Å²) in [5.41, 5.74) is 8.65. The number of alkyl halides is 3. The Kier molecular flexibility index (Phi) is 7.52. The summed E-state index contributed by atoms with van der Waals surface area (Å²) < 4.78 is 41.9. The third kappa shape index (κ3) is 5.96. The molecule has 2 aromatic carbocycles. The van der Waals surface area contributed by atoms with Crippen molar-refractivity contribution in [2.75, 3.05) is 44.3 Å². The molecule has 1 fully saturated rings. The maximum absolute atomic E-state index is 14.0. The van der Waals surface area contributed by atoms with Crippen LogP contribution < -0.4 is 11.1 Å². The van der Waals surface area contributed by atoms with Crippen molar-refractivity contribution in [3.8, 4) is 11.8 Å². The van der Waals surface area contributed by atoms with Gasteiger partial charge in [-0.15, -0.1) is 0 Å². The average molecular weight is 547 g/mol. The number of nitrogens with two attached hydrogens (primary N) is 1. The number of nitrogens with one attached hydrogen (secondary N) is 2. The number of aryl methyl sites for hydroxylation is 1. The monoisotopic (exact) mass is 546 g/mol. The number of nitrogens with zero attached hydrogens (tertiary/aromatic N) is 3. The number of pyridine rings is 1. The third-order valence-corrected chi connectivity index (χ3v) is 7.12. The summed E-state index contributed by atoms with van der Waals surface area (Å²) in [4.78, 5) is 24.5. The first-order valence-corrected chi connectivity index (χ1v) is 12.8. The van der Waals surface area contributed by atoms with Crippen LogP contribution in [0.15, 0.2) is 54.9 Å². The molecule has 40 heavy (non-hydrogen) atoms. The number of hydrogen-bond donors (Lipinski definition) is 3. The molecule has 0 radical (unpaired) electrons. The van der Waals surface area contributed by atoms with E-state index >= 15 is 0 Å². The smallest absolute Gasteiger partial charge is 0.383 e. The molecule has 1 saturated heterocycles. The van der Waals surface area contributed by atoms with E-state index in [1.807, 2.05) is 24.9 Å². The van der Waals surface area contributed by atoms with E-state index in [4.69, 9.17) is 5.73 Å². The molecule has 0 unspecified atom stereocenters. The fraction of sp³-hybridized carbons (Fsp3) is 0.267. The first-order chi connectivity index (χ1) is 19.1. The number of fused-ring (bicyclic) bond motifs is 1. The highest BCUT2D eigenvalue weighted by molar-refractivity contribution is 6.04. The number of amides is 1. The molecule has 1 aliphatic heterocycles. The number of rotatable bonds is 4. The number of carbonyl (C=O) groups excluding carboxylic acids is 1. The molecule has 1 aliphatic rings. The number of piperazine rings is 1. The van der Waals surface area contributed by atoms with Crippen LogP contribution in [0.1, 0.15) is 38.2 Å². The highest BCUT2D eigenvalue weighted by Crippen LogP contribution is 2.35. The van der Waals surface area contributed by atoms with Crippen LogP contribution in [0.5, 0.6) is 0 Å². The zero-order chi connectivity index (χ0) is 28.4. The van der Waals surface area contributed by atoms with Crippen LogP contribution in [0.2, 0.25) is 0 Å². The number of nitrogen functional groups attached to an aromatic ring is 1. The molecule has 0 atom stereocenters. The Bertz CT molecular complexity index is 1620. The van der Waals surface area contributed by atoms with Crippen molar-refractivity contribution >= 4 is 28.3 Å². The van der Waals surface area contributed by atoms with E-state index in [9.17, 15) is 18.0 Å². The van der Waals surface area contributed by atoms with Gasteiger partial charge in [0.05, 0.1) is 22.8 Å². The predicted molar refractivity (Wildman–Crippen MR) is 150 cm³/mol. The van der Waals surface area contributed by atoms with Crippen molar-refractivity contribution in [2.45, 2.75) is 19.6 Å². The largest absolute Gasteiger partial charge is 0.416 e. The number of H-pyrrole nitrogens is 1.